The third kappa shape index (κ3) is 4.17. The molecule has 2 heterocycles. The van der Waals surface area contributed by atoms with Crippen molar-refractivity contribution in [3.8, 4) is 11.5 Å². The molecule has 1 atom stereocenters. The molecular weight excluding hydrogens is 338 g/mol. The van der Waals surface area contributed by atoms with Crippen molar-refractivity contribution in [2.45, 2.75) is 19.9 Å². The van der Waals surface area contributed by atoms with E-state index in [0.29, 0.717) is 24.7 Å². The van der Waals surface area contributed by atoms with E-state index in [4.69, 9.17) is 18.6 Å². The first kappa shape index (κ1) is 17.8. The van der Waals surface area contributed by atoms with Gasteiger partial charge in [0, 0.05) is 0 Å². The van der Waals surface area contributed by atoms with Crippen LogP contribution in [0.5, 0.6) is 11.5 Å². The van der Waals surface area contributed by atoms with E-state index in [1.54, 1.807) is 6.07 Å². The molecule has 1 aliphatic rings. The number of esters is 1. The van der Waals surface area contributed by atoms with Gasteiger partial charge in [0.1, 0.15) is 13.2 Å². The molecule has 1 aliphatic heterocycles. The van der Waals surface area contributed by atoms with Gasteiger partial charge in [0.2, 0.25) is 5.76 Å². The van der Waals surface area contributed by atoms with Gasteiger partial charge in [0.25, 0.3) is 5.91 Å². The van der Waals surface area contributed by atoms with Gasteiger partial charge in [0.05, 0.1) is 12.3 Å². The molecule has 7 nitrogen and oxygen atoms in total. The Bertz CT molecular complexity index is 768. The van der Waals surface area contributed by atoms with Gasteiger partial charge in [-0.25, -0.2) is 4.79 Å². The summed E-state index contributed by atoms with van der Waals surface area (Å²) in [6.07, 6.45) is 1.37. The highest BCUT2D eigenvalue weighted by Gasteiger charge is 2.22. The Kier molecular flexibility index (Phi) is 5.46. The number of furan rings is 1. The first-order valence-corrected chi connectivity index (χ1v) is 8.44. The average molecular weight is 359 g/mol. The van der Waals surface area contributed by atoms with Gasteiger partial charge in [-0.05, 0) is 35.7 Å². The Morgan fingerprint density at radius 3 is 2.62 bits per heavy atom. The van der Waals surface area contributed by atoms with Crippen LogP contribution in [0.1, 0.15) is 36.0 Å². The summed E-state index contributed by atoms with van der Waals surface area (Å²) in [4.78, 5) is 24.0. The monoisotopic (exact) mass is 359 g/mol. The molecule has 0 saturated heterocycles. The van der Waals surface area contributed by atoms with Crippen LogP contribution in [-0.2, 0) is 9.53 Å². The van der Waals surface area contributed by atoms with Crippen LogP contribution in [0.4, 0.5) is 0 Å². The lowest BCUT2D eigenvalue weighted by atomic mass is 9.95. The second kappa shape index (κ2) is 7.95. The largest absolute Gasteiger partial charge is 0.486 e. The van der Waals surface area contributed by atoms with E-state index in [0.717, 1.165) is 5.56 Å². The number of nitrogens with one attached hydrogen (secondary N) is 1. The quantitative estimate of drug-likeness (QED) is 0.798. The highest BCUT2D eigenvalue weighted by atomic mass is 16.6. The first-order chi connectivity index (χ1) is 12.5. The highest BCUT2D eigenvalue weighted by molar-refractivity contribution is 5.88. The maximum Gasteiger partial charge on any atom is 0.374 e. The van der Waals surface area contributed by atoms with Crippen LogP contribution in [0.3, 0.4) is 0 Å². The number of amides is 1. The number of benzene rings is 1. The summed E-state index contributed by atoms with van der Waals surface area (Å²) in [6, 6.07) is 8.41. The molecule has 1 N–H and O–H groups in total. The molecule has 7 heteroatoms. The van der Waals surface area contributed by atoms with Crippen molar-refractivity contribution < 1.29 is 28.2 Å². The Morgan fingerprint density at radius 1 is 1.15 bits per heavy atom. The van der Waals surface area contributed by atoms with Crippen molar-refractivity contribution in [3.63, 3.8) is 0 Å². The van der Waals surface area contributed by atoms with Gasteiger partial charge >= 0.3 is 5.97 Å². The van der Waals surface area contributed by atoms with Crippen molar-refractivity contribution in [2.24, 2.45) is 5.92 Å². The van der Waals surface area contributed by atoms with E-state index >= 15 is 0 Å². The van der Waals surface area contributed by atoms with Crippen LogP contribution < -0.4 is 14.8 Å². The van der Waals surface area contributed by atoms with Crippen molar-refractivity contribution in [2.75, 3.05) is 19.8 Å². The van der Waals surface area contributed by atoms with Crippen LogP contribution >= 0.6 is 0 Å². The number of carbonyl (C=O) groups excluding carboxylic acids is 2. The molecule has 1 amide bonds. The number of ether oxygens (including phenoxy) is 3. The van der Waals surface area contributed by atoms with Crippen LogP contribution in [0, 0.1) is 5.92 Å². The number of rotatable bonds is 6. The molecule has 0 saturated carbocycles. The maximum atomic E-state index is 12.2. The maximum absolute atomic E-state index is 12.2. The molecule has 138 valence electrons. The van der Waals surface area contributed by atoms with E-state index < -0.39 is 11.9 Å². The summed E-state index contributed by atoms with van der Waals surface area (Å²) >= 11 is 0. The molecule has 0 radical (unpaired) electrons. The second-order valence-corrected chi connectivity index (χ2v) is 6.25. The van der Waals surface area contributed by atoms with Gasteiger partial charge in [0.15, 0.2) is 18.1 Å². The van der Waals surface area contributed by atoms with E-state index in [2.05, 4.69) is 5.32 Å². The van der Waals surface area contributed by atoms with Crippen LogP contribution in [-0.4, -0.2) is 31.7 Å². The molecule has 0 fully saturated rings. The minimum Gasteiger partial charge on any atom is -0.486 e. The standard InChI is InChI=1S/C19H21NO6/c1-12(2)18(13-5-6-14-16(10-13)25-9-8-24-14)20-17(21)11-26-19(22)15-4-3-7-23-15/h3-7,10,12,18H,8-9,11H2,1-2H3,(H,20,21)/t18-/m0/s1. The summed E-state index contributed by atoms with van der Waals surface area (Å²) in [5, 5.41) is 2.90. The molecule has 3 rings (SSSR count). The average Bonchev–Trinajstić information content (AvgIpc) is 3.18. The van der Waals surface area contributed by atoms with Gasteiger partial charge in [-0.2, -0.15) is 0 Å². The molecular formula is C19H21NO6. The van der Waals surface area contributed by atoms with Gasteiger partial charge in [-0.3, -0.25) is 4.79 Å². The number of carbonyl (C=O) groups is 2. The number of fused-ring (bicyclic) bond motifs is 1. The zero-order valence-electron chi connectivity index (χ0n) is 14.7. The van der Waals surface area contributed by atoms with Crippen molar-refractivity contribution in [1.29, 1.82) is 0 Å². The lowest BCUT2D eigenvalue weighted by Gasteiger charge is -2.25. The fourth-order valence-electron chi connectivity index (χ4n) is 2.70. The Labute approximate surface area is 151 Å². The van der Waals surface area contributed by atoms with Gasteiger partial charge in [-0.1, -0.05) is 19.9 Å². The van der Waals surface area contributed by atoms with E-state index in [1.807, 2.05) is 32.0 Å². The number of hydrogen-bond acceptors (Lipinski definition) is 6. The molecule has 2 aromatic rings. The molecule has 26 heavy (non-hydrogen) atoms. The minimum absolute atomic E-state index is 0.0602. The van der Waals surface area contributed by atoms with E-state index in [1.165, 1.54) is 12.3 Å². The predicted molar refractivity (Wildman–Crippen MR) is 92.1 cm³/mol. The van der Waals surface area contributed by atoms with Gasteiger partial charge < -0.3 is 23.9 Å². The molecule has 0 spiro atoms. The molecule has 0 bridgehead atoms. The minimum atomic E-state index is -0.675. The van der Waals surface area contributed by atoms with Crippen LogP contribution in [0.2, 0.25) is 0 Å². The molecule has 0 unspecified atom stereocenters. The third-order valence-corrected chi connectivity index (χ3v) is 3.97. The SMILES string of the molecule is CC(C)[C@H](NC(=O)COC(=O)c1ccco1)c1ccc2c(c1)OCCO2. The summed E-state index contributed by atoms with van der Waals surface area (Å²) in [5.74, 6) is 0.482. The predicted octanol–water partition coefficient (Wildman–Crippen LogP) is 2.72. The van der Waals surface area contributed by atoms with Crippen molar-refractivity contribution in [3.05, 3.63) is 47.9 Å². The summed E-state index contributed by atoms with van der Waals surface area (Å²) < 4.78 is 21.0. The molecule has 1 aromatic carbocycles. The summed E-state index contributed by atoms with van der Waals surface area (Å²) in [6.45, 7) is 4.64. The normalized spacial score (nSPS) is 14.0. The Hall–Kier alpha value is -2.96. The third-order valence-electron chi connectivity index (χ3n) is 3.97. The second-order valence-electron chi connectivity index (χ2n) is 6.25. The fraction of sp³-hybridized carbons (Fsp3) is 0.368. The van der Waals surface area contributed by atoms with Crippen molar-refractivity contribution in [1.82, 2.24) is 5.32 Å². The first-order valence-electron chi connectivity index (χ1n) is 8.44. The lowest BCUT2D eigenvalue weighted by Crippen LogP contribution is -2.35. The molecule has 1 aromatic heterocycles. The highest BCUT2D eigenvalue weighted by Crippen LogP contribution is 2.34. The summed E-state index contributed by atoms with van der Waals surface area (Å²) in [5.41, 5.74) is 0.898. The van der Waals surface area contributed by atoms with Gasteiger partial charge in [-0.15, -0.1) is 0 Å². The summed E-state index contributed by atoms with van der Waals surface area (Å²) in [7, 11) is 0. The lowest BCUT2D eigenvalue weighted by molar-refractivity contribution is -0.125. The topological polar surface area (TPSA) is 87.0 Å². The zero-order valence-corrected chi connectivity index (χ0v) is 14.7. The fourth-order valence-corrected chi connectivity index (χ4v) is 2.70. The number of hydrogen-bond donors (Lipinski definition) is 1. The van der Waals surface area contributed by atoms with E-state index in [-0.39, 0.29) is 24.3 Å². The van der Waals surface area contributed by atoms with Crippen LogP contribution in [0.15, 0.2) is 41.0 Å². The Morgan fingerprint density at radius 2 is 1.92 bits per heavy atom. The Balaban J connectivity index is 1.63. The molecule has 0 aliphatic carbocycles. The smallest absolute Gasteiger partial charge is 0.374 e. The van der Waals surface area contributed by atoms with Crippen LogP contribution in [0.25, 0.3) is 0 Å². The zero-order chi connectivity index (χ0) is 18.5. The van der Waals surface area contributed by atoms with E-state index in [9.17, 15) is 9.59 Å². The van der Waals surface area contributed by atoms with Crippen molar-refractivity contribution >= 4 is 11.9 Å².